The number of methoxy groups -OCH3 is 2. The van der Waals surface area contributed by atoms with Gasteiger partial charge >= 0.3 is 0 Å². The Bertz CT molecular complexity index is 764. The van der Waals surface area contributed by atoms with Crippen molar-refractivity contribution in [3.63, 3.8) is 0 Å². The van der Waals surface area contributed by atoms with Crippen LogP contribution in [0.5, 0.6) is 11.5 Å². The van der Waals surface area contributed by atoms with Gasteiger partial charge in [-0.25, -0.2) is 0 Å². The van der Waals surface area contributed by atoms with E-state index in [0.29, 0.717) is 11.5 Å². The molecule has 1 aliphatic heterocycles. The largest absolute Gasteiger partial charge is 0.493 e. The predicted octanol–water partition coefficient (Wildman–Crippen LogP) is 3.12. The Morgan fingerprint density at radius 3 is 2.71 bits per heavy atom. The molecule has 0 saturated heterocycles. The maximum absolute atomic E-state index is 12.6. The minimum absolute atomic E-state index is 0.0183. The molecule has 0 N–H and O–H groups in total. The zero-order valence-corrected chi connectivity index (χ0v) is 14.2. The molecule has 0 spiro atoms. The van der Waals surface area contributed by atoms with Crippen LogP contribution in [0.4, 0.5) is 0 Å². The molecule has 1 aromatic carbocycles. The van der Waals surface area contributed by atoms with Gasteiger partial charge in [0.15, 0.2) is 11.5 Å². The van der Waals surface area contributed by atoms with Crippen molar-refractivity contribution in [2.24, 2.45) is 0 Å². The van der Waals surface area contributed by atoms with E-state index in [1.165, 1.54) is 5.69 Å². The number of benzene rings is 1. The molecule has 0 unspecified atom stereocenters. The first-order valence-corrected chi connectivity index (χ1v) is 8.00. The van der Waals surface area contributed by atoms with E-state index < -0.39 is 0 Å². The molecule has 0 saturated carbocycles. The Balaban J connectivity index is 1.74. The van der Waals surface area contributed by atoms with Gasteiger partial charge in [0.1, 0.15) is 0 Å². The number of carbonyl (C=O) groups excluding carboxylic acids is 1. The summed E-state index contributed by atoms with van der Waals surface area (Å²) in [6.45, 7) is 3.62. The van der Waals surface area contributed by atoms with Gasteiger partial charge in [0, 0.05) is 31.1 Å². The maximum atomic E-state index is 12.6. The number of rotatable bonds is 4. The highest BCUT2D eigenvalue weighted by Crippen LogP contribution is 2.28. The average Bonchev–Trinajstić information content (AvgIpc) is 3.09. The van der Waals surface area contributed by atoms with Crippen molar-refractivity contribution in [3.8, 4) is 11.5 Å². The third-order valence-corrected chi connectivity index (χ3v) is 4.45. The first-order chi connectivity index (χ1) is 11.6. The standard InChI is InChI=1S/C19H22N2O3/c1-14-16-5-4-10-20(16)11-12-21(14)19(22)9-7-15-6-8-17(23-2)18(13-15)24-3/h4-10,13-14H,11-12H2,1-3H3/b9-7+/t14-/m1/s1. The molecule has 1 aliphatic rings. The van der Waals surface area contributed by atoms with Crippen LogP contribution in [0.2, 0.25) is 0 Å². The minimum Gasteiger partial charge on any atom is -0.493 e. The van der Waals surface area contributed by atoms with Crippen LogP contribution >= 0.6 is 0 Å². The molecule has 2 heterocycles. The number of ether oxygens (including phenoxy) is 2. The van der Waals surface area contributed by atoms with Crippen molar-refractivity contribution in [2.75, 3.05) is 20.8 Å². The molecule has 3 rings (SSSR count). The third kappa shape index (κ3) is 3.02. The summed E-state index contributed by atoms with van der Waals surface area (Å²) in [7, 11) is 3.20. The summed E-state index contributed by atoms with van der Waals surface area (Å²) in [6, 6.07) is 9.76. The fourth-order valence-corrected chi connectivity index (χ4v) is 3.10. The van der Waals surface area contributed by atoms with E-state index in [0.717, 1.165) is 18.7 Å². The second-order valence-corrected chi connectivity index (χ2v) is 5.78. The quantitative estimate of drug-likeness (QED) is 0.811. The van der Waals surface area contributed by atoms with Gasteiger partial charge in [0.2, 0.25) is 5.91 Å². The molecule has 1 aromatic heterocycles. The Labute approximate surface area is 142 Å². The van der Waals surface area contributed by atoms with Crippen LogP contribution in [-0.4, -0.2) is 36.1 Å². The van der Waals surface area contributed by atoms with Gasteiger partial charge in [-0.3, -0.25) is 4.79 Å². The van der Waals surface area contributed by atoms with Crippen LogP contribution in [0.1, 0.15) is 24.2 Å². The van der Waals surface area contributed by atoms with Gasteiger partial charge in [0.05, 0.1) is 20.3 Å². The summed E-state index contributed by atoms with van der Waals surface area (Å²) in [5, 5.41) is 0. The molecule has 0 aliphatic carbocycles. The second kappa shape index (κ2) is 6.83. The van der Waals surface area contributed by atoms with Crippen molar-refractivity contribution in [2.45, 2.75) is 19.5 Å². The number of amides is 1. The van der Waals surface area contributed by atoms with E-state index >= 15 is 0 Å². The minimum atomic E-state index is 0.0183. The predicted molar refractivity (Wildman–Crippen MR) is 93.1 cm³/mol. The molecule has 1 atom stereocenters. The number of carbonyl (C=O) groups is 1. The van der Waals surface area contributed by atoms with Crippen LogP contribution in [-0.2, 0) is 11.3 Å². The normalized spacial score (nSPS) is 17.0. The highest BCUT2D eigenvalue weighted by Gasteiger charge is 2.25. The Hall–Kier alpha value is -2.69. The van der Waals surface area contributed by atoms with Gasteiger partial charge < -0.3 is 18.9 Å². The fourth-order valence-electron chi connectivity index (χ4n) is 3.10. The lowest BCUT2D eigenvalue weighted by Crippen LogP contribution is -2.39. The third-order valence-electron chi connectivity index (χ3n) is 4.45. The summed E-state index contributed by atoms with van der Waals surface area (Å²) in [6.07, 6.45) is 5.49. The van der Waals surface area contributed by atoms with Crippen LogP contribution < -0.4 is 9.47 Å². The molecular weight excluding hydrogens is 304 g/mol. The van der Waals surface area contributed by atoms with Gasteiger partial charge in [-0.2, -0.15) is 0 Å². The summed E-state index contributed by atoms with van der Waals surface area (Å²) in [5.41, 5.74) is 2.07. The molecule has 1 amide bonds. The smallest absolute Gasteiger partial charge is 0.247 e. The van der Waals surface area contributed by atoms with Crippen LogP contribution in [0.25, 0.3) is 6.08 Å². The molecule has 24 heavy (non-hydrogen) atoms. The lowest BCUT2D eigenvalue weighted by atomic mass is 10.1. The summed E-state index contributed by atoms with van der Waals surface area (Å²) in [5.74, 6) is 1.34. The van der Waals surface area contributed by atoms with E-state index in [1.54, 1.807) is 20.3 Å². The summed E-state index contributed by atoms with van der Waals surface area (Å²) < 4.78 is 12.7. The van der Waals surface area contributed by atoms with Crippen molar-refractivity contribution in [1.82, 2.24) is 9.47 Å². The van der Waals surface area contributed by atoms with Crippen LogP contribution in [0.15, 0.2) is 42.6 Å². The molecule has 5 heteroatoms. The van der Waals surface area contributed by atoms with Gasteiger partial charge in [-0.15, -0.1) is 0 Å². The van der Waals surface area contributed by atoms with Crippen molar-refractivity contribution in [1.29, 1.82) is 0 Å². The monoisotopic (exact) mass is 326 g/mol. The molecule has 5 nitrogen and oxygen atoms in total. The lowest BCUT2D eigenvalue weighted by Gasteiger charge is -2.34. The highest BCUT2D eigenvalue weighted by atomic mass is 16.5. The molecule has 126 valence electrons. The average molecular weight is 326 g/mol. The van der Waals surface area contributed by atoms with Gasteiger partial charge in [-0.1, -0.05) is 6.07 Å². The fraction of sp³-hybridized carbons (Fsp3) is 0.316. The highest BCUT2D eigenvalue weighted by molar-refractivity contribution is 5.92. The lowest BCUT2D eigenvalue weighted by molar-refractivity contribution is -0.129. The maximum Gasteiger partial charge on any atom is 0.247 e. The van der Waals surface area contributed by atoms with E-state index in [2.05, 4.69) is 23.8 Å². The SMILES string of the molecule is COc1ccc(/C=C/C(=O)N2CCn3cccc3[C@H]2C)cc1OC. The van der Waals surface area contributed by atoms with E-state index in [1.807, 2.05) is 35.2 Å². The molecular formula is C19H22N2O3. The van der Waals surface area contributed by atoms with Gasteiger partial charge in [0.25, 0.3) is 0 Å². The number of hydrogen-bond donors (Lipinski definition) is 0. The van der Waals surface area contributed by atoms with Crippen LogP contribution in [0.3, 0.4) is 0 Å². The summed E-state index contributed by atoms with van der Waals surface area (Å²) in [4.78, 5) is 14.5. The Morgan fingerprint density at radius 1 is 1.17 bits per heavy atom. The number of fused-ring (bicyclic) bond motifs is 1. The first-order valence-electron chi connectivity index (χ1n) is 8.00. The Kier molecular flexibility index (Phi) is 4.60. The molecule has 0 radical (unpaired) electrons. The summed E-state index contributed by atoms with van der Waals surface area (Å²) >= 11 is 0. The van der Waals surface area contributed by atoms with E-state index in [-0.39, 0.29) is 11.9 Å². The Morgan fingerprint density at radius 2 is 1.96 bits per heavy atom. The second-order valence-electron chi connectivity index (χ2n) is 5.78. The van der Waals surface area contributed by atoms with E-state index in [4.69, 9.17) is 9.47 Å². The first kappa shape index (κ1) is 16.2. The van der Waals surface area contributed by atoms with E-state index in [9.17, 15) is 4.79 Å². The number of nitrogens with zero attached hydrogens (tertiary/aromatic N) is 2. The zero-order valence-electron chi connectivity index (χ0n) is 14.2. The molecule has 0 bridgehead atoms. The van der Waals surface area contributed by atoms with Crippen molar-refractivity contribution in [3.05, 3.63) is 53.9 Å². The molecule has 2 aromatic rings. The van der Waals surface area contributed by atoms with Crippen molar-refractivity contribution < 1.29 is 14.3 Å². The number of aromatic nitrogens is 1. The number of hydrogen-bond acceptors (Lipinski definition) is 3. The molecule has 0 fully saturated rings. The van der Waals surface area contributed by atoms with Crippen molar-refractivity contribution >= 4 is 12.0 Å². The zero-order chi connectivity index (χ0) is 17.1. The topological polar surface area (TPSA) is 43.7 Å². The van der Waals surface area contributed by atoms with Gasteiger partial charge in [-0.05, 0) is 42.8 Å². The van der Waals surface area contributed by atoms with Crippen LogP contribution in [0, 0.1) is 0 Å².